The van der Waals surface area contributed by atoms with Gasteiger partial charge in [0.1, 0.15) is 11.4 Å². The van der Waals surface area contributed by atoms with Crippen LogP contribution in [0.2, 0.25) is 0 Å². The molecule has 0 spiro atoms. The van der Waals surface area contributed by atoms with Crippen molar-refractivity contribution in [3.8, 4) is 17.0 Å². The molecule has 0 saturated heterocycles. The van der Waals surface area contributed by atoms with Crippen LogP contribution in [0.5, 0.6) is 5.75 Å². The number of phenolic OH excluding ortho intramolecular Hbond substituents is 1. The van der Waals surface area contributed by atoms with Gasteiger partial charge in [0, 0.05) is 24.0 Å². The first-order valence-electron chi connectivity index (χ1n) is 7.56. The number of imidazole rings is 1. The van der Waals surface area contributed by atoms with Gasteiger partial charge >= 0.3 is 0 Å². The van der Waals surface area contributed by atoms with Crippen molar-refractivity contribution in [2.24, 2.45) is 0 Å². The summed E-state index contributed by atoms with van der Waals surface area (Å²) in [6.07, 6.45) is 6.07. The van der Waals surface area contributed by atoms with Crippen molar-refractivity contribution in [3.63, 3.8) is 0 Å². The highest BCUT2D eigenvalue weighted by atomic mass is 32.2. The molecule has 4 rings (SSSR count). The monoisotopic (exact) mass is 327 g/mol. The Morgan fingerprint density at radius 3 is 2.87 bits per heavy atom. The van der Waals surface area contributed by atoms with Crippen molar-refractivity contribution in [3.05, 3.63) is 42.2 Å². The number of benzene rings is 1. The number of fused-ring (bicyclic) bond motifs is 1. The fourth-order valence-corrected chi connectivity index (χ4v) is 3.42. The Labute approximate surface area is 140 Å². The lowest BCUT2D eigenvalue weighted by molar-refractivity contribution is 0.468. The van der Waals surface area contributed by atoms with Crippen LogP contribution in [-0.4, -0.2) is 25.2 Å². The fourth-order valence-electron chi connectivity index (χ4n) is 2.71. The summed E-state index contributed by atoms with van der Waals surface area (Å²) in [6, 6.07) is 7.80. The first kappa shape index (κ1) is 15.9. The quantitative estimate of drug-likeness (QED) is 0.556. The van der Waals surface area contributed by atoms with Crippen LogP contribution in [0, 0.1) is 0 Å². The van der Waals surface area contributed by atoms with Gasteiger partial charge in [-0.1, -0.05) is 26.1 Å². The van der Waals surface area contributed by atoms with E-state index in [2.05, 4.69) is 18.0 Å². The first-order chi connectivity index (χ1) is 10.8. The molecule has 1 N–H and O–H groups in total. The van der Waals surface area contributed by atoms with Gasteiger partial charge in [-0.2, -0.15) is 0 Å². The molecule has 1 saturated carbocycles. The maximum atomic E-state index is 10.0. The van der Waals surface area contributed by atoms with Gasteiger partial charge in [-0.15, -0.1) is 0 Å². The number of nitrogens with zero attached hydrogens (tertiary/aromatic N) is 3. The zero-order chi connectivity index (χ0) is 15.1. The van der Waals surface area contributed by atoms with E-state index in [1.807, 2.05) is 22.7 Å². The van der Waals surface area contributed by atoms with Crippen molar-refractivity contribution < 1.29 is 5.11 Å². The van der Waals surface area contributed by atoms with Gasteiger partial charge in [0.2, 0.25) is 0 Å². The Morgan fingerprint density at radius 1 is 1.30 bits per heavy atom. The van der Waals surface area contributed by atoms with E-state index in [-0.39, 0.29) is 7.43 Å². The summed E-state index contributed by atoms with van der Waals surface area (Å²) in [5.41, 5.74) is 3.91. The van der Waals surface area contributed by atoms with Gasteiger partial charge in [0.15, 0.2) is 5.16 Å². The third kappa shape index (κ3) is 2.93. The summed E-state index contributed by atoms with van der Waals surface area (Å²) in [4.78, 5) is 9.18. The second-order valence-corrected chi connectivity index (χ2v) is 6.79. The number of thioether (sulfide) groups is 1. The smallest absolute Gasteiger partial charge is 0.174 e. The Kier molecular flexibility index (Phi) is 4.31. The molecule has 0 unspecified atom stereocenters. The molecule has 120 valence electrons. The van der Waals surface area contributed by atoms with E-state index < -0.39 is 0 Å². The van der Waals surface area contributed by atoms with Crippen LogP contribution in [0.15, 0.2) is 41.8 Å². The second kappa shape index (κ2) is 6.24. The molecular formula is C18H21N3OS. The third-order valence-corrected chi connectivity index (χ3v) is 4.81. The zero-order valence-electron chi connectivity index (χ0n) is 12.4. The Hall–Kier alpha value is -2.01. The molecule has 0 radical (unpaired) electrons. The Balaban J connectivity index is 0.00000156. The predicted octanol–water partition coefficient (Wildman–Crippen LogP) is 4.73. The molecular weight excluding hydrogens is 306 g/mol. The largest absolute Gasteiger partial charge is 0.508 e. The van der Waals surface area contributed by atoms with E-state index in [9.17, 15) is 5.11 Å². The van der Waals surface area contributed by atoms with E-state index in [0.717, 1.165) is 33.4 Å². The van der Waals surface area contributed by atoms with E-state index in [4.69, 9.17) is 4.98 Å². The molecule has 23 heavy (non-hydrogen) atoms. The van der Waals surface area contributed by atoms with Crippen molar-refractivity contribution in [2.75, 3.05) is 5.75 Å². The van der Waals surface area contributed by atoms with E-state index in [0.29, 0.717) is 11.7 Å². The van der Waals surface area contributed by atoms with Crippen molar-refractivity contribution >= 4 is 17.4 Å². The second-order valence-electron chi connectivity index (χ2n) is 5.56. The number of aromatic nitrogens is 3. The Morgan fingerprint density at radius 2 is 2.13 bits per heavy atom. The topological polar surface area (TPSA) is 50.4 Å². The van der Waals surface area contributed by atoms with Crippen LogP contribution >= 0.6 is 11.8 Å². The van der Waals surface area contributed by atoms with E-state index in [1.165, 1.54) is 12.8 Å². The van der Waals surface area contributed by atoms with Crippen molar-refractivity contribution in [1.29, 1.82) is 0 Å². The normalized spacial score (nSPS) is 14.0. The summed E-state index contributed by atoms with van der Waals surface area (Å²) < 4.78 is 2.01. The van der Waals surface area contributed by atoms with Gasteiger partial charge in [0.25, 0.3) is 0 Å². The molecule has 3 aromatic rings. The molecule has 0 atom stereocenters. The van der Waals surface area contributed by atoms with Crippen LogP contribution in [0.4, 0.5) is 0 Å². The molecule has 1 aromatic carbocycles. The first-order valence-corrected chi connectivity index (χ1v) is 8.55. The number of aromatic hydroxyl groups is 1. The predicted molar refractivity (Wildman–Crippen MR) is 95.2 cm³/mol. The molecule has 1 aliphatic rings. The lowest BCUT2D eigenvalue weighted by Crippen LogP contribution is -1.97. The van der Waals surface area contributed by atoms with Gasteiger partial charge in [-0.3, -0.25) is 4.40 Å². The number of hydrogen-bond donors (Lipinski definition) is 1. The van der Waals surface area contributed by atoms with E-state index >= 15 is 0 Å². The number of rotatable bonds is 4. The van der Waals surface area contributed by atoms with Crippen molar-refractivity contribution in [1.82, 2.24) is 14.4 Å². The molecule has 2 aromatic heterocycles. The summed E-state index contributed by atoms with van der Waals surface area (Å²) in [5, 5.41) is 11.0. The van der Waals surface area contributed by atoms with Gasteiger partial charge < -0.3 is 5.11 Å². The van der Waals surface area contributed by atoms with Gasteiger partial charge in [0.05, 0.1) is 5.69 Å². The van der Waals surface area contributed by atoms with Crippen LogP contribution in [-0.2, 0) is 0 Å². The molecule has 4 nitrogen and oxygen atoms in total. The molecule has 2 heterocycles. The lowest BCUT2D eigenvalue weighted by atomic mass is 10.0. The third-order valence-electron chi connectivity index (χ3n) is 3.97. The zero-order valence-corrected chi connectivity index (χ0v) is 13.2. The minimum Gasteiger partial charge on any atom is -0.508 e. The van der Waals surface area contributed by atoms with Gasteiger partial charge in [-0.25, -0.2) is 9.97 Å². The van der Waals surface area contributed by atoms with E-state index in [1.54, 1.807) is 24.0 Å². The lowest BCUT2D eigenvalue weighted by Gasteiger charge is -2.09. The van der Waals surface area contributed by atoms with Crippen LogP contribution in [0.25, 0.3) is 16.9 Å². The summed E-state index contributed by atoms with van der Waals surface area (Å²) >= 11 is 1.71. The molecule has 0 aliphatic heterocycles. The average Bonchev–Trinajstić information content (AvgIpc) is 3.25. The highest BCUT2D eigenvalue weighted by molar-refractivity contribution is 7.99. The molecule has 1 aliphatic carbocycles. The molecule has 0 amide bonds. The minimum absolute atomic E-state index is 0. The average molecular weight is 327 g/mol. The minimum atomic E-state index is 0. The maximum absolute atomic E-state index is 10.0. The molecule has 5 heteroatoms. The van der Waals surface area contributed by atoms with Crippen molar-refractivity contribution in [2.45, 2.75) is 38.3 Å². The molecule has 1 fully saturated rings. The van der Waals surface area contributed by atoms with Crippen LogP contribution in [0.3, 0.4) is 0 Å². The molecule has 0 bridgehead atoms. The highest BCUT2D eigenvalue weighted by Gasteiger charge is 2.26. The maximum Gasteiger partial charge on any atom is 0.174 e. The fraction of sp³-hybridized carbons (Fsp3) is 0.333. The van der Waals surface area contributed by atoms with Crippen LogP contribution < -0.4 is 0 Å². The number of hydrogen-bond acceptors (Lipinski definition) is 4. The van der Waals surface area contributed by atoms with Crippen LogP contribution in [0.1, 0.15) is 38.7 Å². The number of phenols is 1. The Bertz CT molecular complexity index is 839. The summed E-state index contributed by atoms with van der Waals surface area (Å²) in [5.74, 6) is 1.88. The highest BCUT2D eigenvalue weighted by Crippen LogP contribution is 2.45. The SMILES string of the molecule is C.CCSc1nc(-c2ccc(O)c(C3CC3)c2)cc2nccn12. The van der Waals surface area contributed by atoms with Gasteiger partial charge in [-0.05, 0) is 48.3 Å². The summed E-state index contributed by atoms with van der Waals surface area (Å²) in [7, 11) is 0. The standard InChI is InChI=1S/C17H17N3OS.CH4/c1-2-22-17-19-14(10-16-18-7-8-20(16)17)12-5-6-15(21)13(9-12)11-3-4-11;/h5-11,21H,2-4H2,1H3;1H4. The summed E-state index contributed by atoms with van der Waals surface area (Å²) in [6.45, 7) is 2.12.